The van der Waals surface area contributed by atoms with Crippen LogP contribution in [0.25, 0.3) is 21.2 Å². The Morgan fingerprint density at radius 2 is 1.68 bits per heavy atom. The molecule has 0 aliphatic carbocycles. The first-order valence-electron chi connectivity index (χ1n) is 10.6. The molecule has 1 aliphatic rings. The summed E-state index contributed by atoms with van der Waals surface area (Å²) in [5, 5.41) is 0.910. The Labute approximate surface area is 197 Å². The quantitative estimate of drug-likeness (QED) is 0.360. The van der Waals surface area contributed by atoms with Gasteiger partial charge in [0.05, 0.1) is 41.4 Å². The van der Waals surface area contributed by atoms with Gasteiger partial charge in [-0.05, 0) is 48.0 Å². The largest absolute Gasteiger partial charge is 0.497 e. The van der Waals surface area contributed by atoms with E-state index in [9.17, 15) is 9.59 Å². The lowest BCUT2D eigenvalue weighted by atomic mass is 9.98. The van der Waals surface area contributed by atoms with E-state index in [0.717, 1.165) is 15.8 Å². The molecule has 5 aromatic rings. The first kappa shape index (κ1) is 20.4. The smallest absolute Gasteiger partial charge is 0.297 e. The van der Waals surface area contributed by atoms with Crippen LogP contribution in [0.1, 0.15) is 27.7 Å². The normalized spacial score (nSPS) is 15.2. The third kappa shape index (κ3) is 2.99. The van der Waals surface area contributed by atoms with Crippen LogP contribution < -0.4 is 19.8 Å². The molecule has 0 fully saturated rings. The fraction of sp³-hybridized carbons (Fsp3) is 0.115. The average molecular weight is 471 g/mol. The van der Waals surface area contributed by atoms with Crippen LogP contribution in [-0.4, -0.2) is 25.1 Å². The van der Waals surface area contributed by atoms with E-state index in [1.165, 1.54) is 11.3 Å². The first-order chi connectivity index (χ1) is 16.6. The molecule has 7 nitrogen and oxygen atoms in total. The van der Waals surface area contributed by atoms with Gasteiger partial charge in [-0.2, -0.15) is 0 Å². The number of hydrogen-bond acceptors (Lipinski definition) is 7. The van der Waals surface area contributed by atoms with Crippen LogP contribution >= 0.6 is 11.3 Å². The van der Waals surface area contributed by atoms with E-state index in [1.54, 1.807) is 43.4 Å². The number of fused-ring (bicyclic) bond motifs is 3. The summed E-state index contributed by atoms with van der Waals surface area (Å²) in [6.07, 6.45) is 0. The molecule has 0 saturated heterocycles. The summed E-state index contributed by atoms with van der Waals surface area (Å²) in [4.78, 5) is 33.6. The number of carbonyl (C=O) groups excluding carboxylic acids is 1. The molecule has 2 aromatic heterocycles. The Balaban J connectivity index is 1.60. The van der Waals surface area contributed by atoms with Gasteiger partial charge in [-0.3, -0.25) is 14.5 Å². The third-order valence-corrected chi connectivity index (χ3v) is 7.02. The molecule has 0 unspecified atom stereocenters. The third-order valence-electron chi connectivity index (χ3n) is 6.00. The van der Waals surface area contributed by atoms with Gasteiger partial charge < -0.3 is 13.9 Å². The maximum absolute atomic E-state index is 13.7. The molecular formula is C26H18N2O5S. The second-order valence-corrected chi connectivity index (χ2v) is 8.86. The zero-order valence-corrected chi connectivity index (χ0v) is 19.1. The molecule has 1 atom stereocenters. The predicted molar refractivity (Wildman–Crippen MR) is 130 cm³/mol. The minimum atomic E-state index is -0.684. The van der Waals surface area contributed by atoms with Crippen molar-refractivity contribution in [2.45, 2.75) is 6.04 Å². The lowest BCUT2D eigenvalue weighted by Crippen LogP contribution is -2.29. The van der Waals surface area contributed by atoms with Crippen molar-refractivity contribution in [2.75, 3.05) is 19.1 Å². The van der Waals surface area contributed by atoms with Gasteiger partial charge in [0.15, 0.2) is 10.6 Å². The van der Waals surface area contributed by atoms with E-state index >= 15 is 0 Å². The van der Waals surface area contributed by atoms with Crippen LogP contribution in [0.4, 0.5) is 5.13 Å². The standard InChI is InChI=1S/C26H18N2O5S/c1-31-15-9-7-14(8-10-15)22-21-23(29)17-5-3-4-6-19(17)33-24(21)25(30)28(22)26-27-18-12-11-16(32-2)13-20(18)34-26/h3-13,22H,1-2H3/t22-/m1/s1. The number of para-hydroxylation sites is 1. The summed E-state index contributed by atoms with van der Waals surface area (Å²) in [7, 11) is 3.19. The summed E-state index contributed by atoms with van der Waals surface area (Å²) in [5.74, 6) is 1.03. The van der Waals surface area contributed by atoms with Gasteiger partial charge in [-0.15, -0.1) is 0 Å². The number of anilines is 1. The molecule has 3 aromatic carbocycles. The molecule has 0 N–H and O–H groups in total. The van der Waals surface area contributed by atoms with Gasteiger partial charge in [-0.1, -0.05) is 35.6 Å². The number of carbonyl (C=O) groups is 1. The van der Waals surface area contributed by atoms with Crippen molar-refractivity contribution in [1.82, 2.24) is 4.98 Å². The Kier molecular flexibility index (Phi) is 4.63. The van der Waals surface area contributed by atoms with Crippen LogP contribution in [0.2, 0.25) is 0 Å². The van der Waals surface area contributed by atoms with E-state index in [2.05, 4.69) is 0 Å². The Morgan fingerprint density at radius 1 is 0.941 bits per heavy atom. The molecule has 1 amide bonds. The maximum atomic E-state index is 13.7. The molecule has 0 spiro atoms. The number of ether oxygens (including phenoxy) is 2. The van der Waals surface area contributed by atoms with Crippen LogP contribution in [0.15, 0.2) is 75.9 Å². The highest BCUT2D eigenvalue weighted by molar-refractivity contribution is 7.22. The summed E-state index contributed by atoms with van der Waals surface area (Å²) < 4.78 is 17.5. The van der Waals surface area contributed by atoms with E-state index in [-0.39, 0.29) is 11.2 Å². The first-order valence-corrected chi connectivity index (χ1v) is 11.4. The summed E-state index contributed by atoms with van der Waals surface area (Å²) in [6.45, 7) is 0. The highest BCUT2D eigenvalue weighted by Gasteiger charge is 2.45. The number of hydrogen-bond donors (Lipinski definition) is 0. The Bertz CT molecular complexity index is 1640. The summed E-state index contributed by atoms with van der Waals surface area (Å²) >= 11 is 1.36. The van der Waals surface area contributed by atoms with Gasteiger partial charge in [0, 0.05) is 0 Å². The van der Waals surface area contributed by atoms with Crippen LogP contribution in [0, 0.1) is 0 Å². The van der Waals surface area contributed by atoms with Crippen molar-refractivity contribution in [2.24, 2.45) is 0 Å². The molecule has 1 aliphatic heterocycles. The van der Waals surface area contributed by atoms with Gasteiger partial charge >= 0.3 is 0 Å². The number of rotatable bonds is 4. The van der Waals surface area contributed by atoms with Gasteiger partial charge in [0.1, 0.15) is 17.1 Å². The van der Waals surface area contributed by atoms with Crippen molar-refractivity contribution in [3.8, 4) is 11.5 Å². The monoisotopic (exact) mass is 470 g/mol. The zero-order chi connectivity index (χ0) is 23.4. The lowest BCUT2D eigenvalue weighted by Gasteiger charge is -2.22. The minimum absolute atomic E-state index is 0.0429. The van der Waals surface area contributed by atoms with Gasteiger partial charge in [-0.25, -0.2) is 4.98 Å². The number of aromatic nitrogens is 1. The molecule has 0 radical (unpaired) electrons. The molecule has 8 heteroatoms. The fourth-order valence-electron chi connectivity index (χ4n) is 4.34. The molecule has 168 valence electrons. The predicted octanol–water partition coefficient (Wildman–Crippen LogP) is 5.17. The van der Waals surface area contributed by atoms with E-state index in [0.29, 0.717) is 33.2 Å². The molecule has 34 heavy (non-hydrogen) atoms. The number of thiazole rings is 1. The average Bonchev–Trinajstić information content (AvgIpc) is 3.42. The summed E-state index contributed by atoms with van der Waals surface area (Å²) in [6, 6.07) is 19.1. The molecule has 3 heterocycles. The van der Waals surface area contributed by atoms with E-state index < -0.39 is 11.9 Å². The van der Waals surface area contributed by atoms with E-state index in [1.807, 2.05) is 42.5 Å². The summed E-state index contributed by atoms with van der Waals surface area (Å²) in [5.41, 5.74) is 1.96. The number of amides is 1. The van der Waals surface area contributed by atoms with Crippen LogP contribution in [-0.2, 0) is 0 Å². The van der Waals surface area contributed by atoms with E-state index in [4.69, 9.17) is 18.9 Å². The molecule has 0 bridgehead atoms. The van der Waals surface area contributed by atoms with Crippen molar-refractivity contribution >= 4 is 43.6 Å². The molecular weight excluding hydrogens is 452 g/mol. The zero-order valence-electron chi connectivity index (χ0n) is 18.3. The number of methoxy groups -OCH3 is 2. The van der Waals surface area contributed by atoms with Crippen molar-refractivity contribution in [3.05, 3.63) is 93.8 Å². The van der Waals surface area contributed by atoms with Crippen LogP contribution in [0.5, 0.6) is 11.5 Å². The second kappa shape index (κ2) is 7.71. The highest BCUT2D eigenvalue weighted by atomic mass is 32.1. The van der Waals surface area contributed by atoms with Gasteiger partial charge in [0.25, 0.3) is 5.91 Å². The molecule has 6 rings (SSSR count). The minimum Gasteiger partial charge on any atom is -0.497 e. The highest BCUT2D eigenvalue weighted by Crippen LogP contribution is 2.44. The fourth-order valence-corrected chi connectivity index (χ4v) is 5.36. The lowest BCUT2D eigenvalue weighted by molar-refractivity contribution is 0.0971. The van der Waals surface area contributed by atoms with Crippen LogP contribution in [0.3, 0.4) is 0 Å². The Morgan fingerprint density at radius 3 is 2.44 bits per heavy atom. The molecule has 0 saturated carbocycles. The SMILES string of the molecule is COc1ccc([C@@H]2c3c(oc4ccccc4c3=O)C(=O)N2c2nc3ccc(OC)cc3s2)cc1. The van der Waals surface area contributed by atoms with Crippen molar-refractivity contribution in [3.63, 3.8) is 0 Å². The van der Waals surface area contributed by atoms with Crippen molar-refractivity contribution < 1.29 is 18.7 Å². The van der Waals surface area contributed by atoms with Crippen molar-refractivity contribution in [1.29, 1.82) is 0 Å². The topological polar surface area (TPSA) is 81.9 Å². The maximum Gasteiger partial charge on any atom is 0.297 e. The van der Waals surface area contributed by atoms with Gasteiger partial charge in [0.2, 0.25) is 5.76 Å². The second-order valence-electron chi connectivity index (χ2n) is 7.85. The Hall–Kier alpha value is -4.17. The number of nitrogens with zero attached hydrogens (tertiary/aromatic N) is 2. The number of benzene rings is 3.